The predicted octanol–water partition coefficient (Wildman–Crippen LogP) is 11.5. The molecule has 0 fully saturated rings. The van der Waals surface area contributed by atoms with E-state index in [2.05, 4.69) is 185 Å². The lowest BCUT2D eigenvalue weighted by atomic mass is 9.86. The van der Waals surface area contributed by atoms with Crippen molar-refractivity contribution in [3.63, 3.8) is 0 Å². The Morgan fingerprint density at radius 1 is 0.420 bits per heavy atom. The second kappa shape index (κ2) is 9.83. The molecule has 0 spiro atoms. The molecule has 4 heterocycles. The minimum absolute atomic E-state index is 0.154. The third-order valence-corrected chi connectivity index (χ3v) is 11.0. The minimum Gasteiger partial charge on any atom is -0.309 e. The smallest absolute Gasteiger partial charge is 0.124 e. The molecule has 3 aromatic heterocycles. The van der Waals surface area contributed by atoms with Gasteiger partial charge in [0.15, 0.2) is 0 Å². The monoisotopic (exact) mass is 640 g/mol. The summed E-state index contributed by atoms with van der Waals surface area (Å²) in [7, 11) is 0. The molecule has 0 aliphatic carbocycles. The van der Waals surface area contributed by atoms with Gasteiger partial charge in [-0.3, -0.25) is 4.57 Å². The maximum absolute atomic E-state index is 5.26. The quantitative estimate of drug-likeness (QED) is 0.189. The van der Waals surface area contributed by atoms with Crippen LogP contribution in [0.2, 0.25) is 0 Å². The van der Waals surface area contributed by atoms with Gasteiger partial charge < -0.3 is 9.13 Å². The molecule has 4 heteroatoms. The van der Waals surface area contributed by atoms with E-state index in [1.165, 1.54) is 71.7 Å². The summed E-state index contributed by atoms with van der Waals surface area (Å²) in [4.78, 5) is 5.26. The highest BCUT2D eigenvalue weighted by Crippen LogP contribution is 2.45. The van der Waals surface area contributed by atoms with Crippen LogP contribution in [-0.2, 0) is 5.41 Å². The normalized spacial score (nSPS) is 13.6. The van der Waals surface area contributed by atoms with E-state index >= 15 is 0 Å². The molecule has 1 aliphatic heterocycles. The van der Waals surface area contributed by atoms with E-state index in [-0.39, 0.29) is 5.41 Å². The second-order valence-corrected chi connectivity index (χ2v) is 14.1. The van der Waals surface area contributed by atoms with E-state index in [0.29, 0.717) is 0 Å². The zero-order valence-corrected chi connectivity index (χ0v) is 27.8. The van der Waals surface area contributed by atoms with Crippen LogP contribution in [0.15, 0.2) is 158 Å². The van der Waals surface area contributed by atoms with Crippen molar-refractivity contribution >= 4 is 54.6 Å². The lowest BCUT2D eigenvalue weighted by Crippen LogP contribution is -2.16. The van der Waals surface area contributed by atoms with Crippen molar-refractivity contribution in [2.75, 3.05) is 0 Å². The summed E-state index contributed by atoms with van der Waals surface area (Å²) in [6, 6.07) is 57.4. The Kier molecular flexibility index (Phi) is 5.42. The summed E-state index contributed by atoms with van der Waals surface area (Å²) < 4.78 is 7.12. The van der Waals surface area contributed by atoms with Crippen LogP contribution in [0.25, 0.3) is 82.8 Å². The van der Waals surface area contributed by atoms with Gasteiger partial charge >= 0.3 is 0 Å². The van der Waals surface area contributed by atoms with Gasteiger partial charge in [0.2, 0.25) is 0 Å². The van der Waals surface area contributed by atoms with E-state index < -0.39 is 0 Å². The molecule has 11 rings (SSSR count). The lowest BCUT2D eigenvalue weighted by molar-refractivity contribution is 0.621. The Morgan fingerprint density at radius 2 is 0.960 bits per heavy atom. The summed E-state index contributed by atoms with van der Waals surface area (Å²) in [5.41, 5.74) is 14.1. The van der Waals surface area contributed by atoms with Gasteiger partial charge in [-0.05, 0) is 103 Å². The van der Waals surface area contributed by atoms with Gasteiger partial charge in [-0.25, -0.2) is 4.98 Å². The zero-order valence-electron chi connectivity index (χ0n) is 27.8. The maximum atomic E-state index is 5.26. The molecule has 0 amide bonds. The van der Waals surface area contributed by atoms with Crippen LogP contribution in [0.1, 0.15) is 25.2 Å². The molecule has 0 saturated heterocycles. The van der Waals surface area contributed by atoms with Crippen LogP contribution in [-0.4, -0.2) is 18.7 Å². The van der Waals surface area contributed by atoms with E-state index in [0.717, 1.165) is 22.5 Å². The van der Waals surface area contributed by atoms with E-state index in [1.54, 1.807) is 0 Å². The highest BCUT2D eigenvalue weighted by Gasteiger charge is 2.38. The summed E-state index contributed by atoms with van der Waals surface area (Å²) >= 11 is 0. The van der Waals surface area contributed by atoms with Gasteiger partial charge in [-0.2, -0.15) is 0 Å². The predicted molar refractivity (Wildman–Crippen MR) is 207 cm³/mol. The van der Waals surface area contributed by atoms with Crippen molar-refractivity contribution in [3.8, 4) is 28.2 Å². The number of benzene rings is 7. The Morgan fingerprint density at radius 3 is 1.64 bits per heavy atom. The molecule has 0 atom stereocenters. The fourth-order valence-corrected chi connectivity index (χ4v) is 8.63. The molecule has 0 saturated carbocycles. The summed E-state index contributed by atoms with van der Waals surface area (Å²) in [6.07, 6.45) is 0. The van der Waals surface area contributed by atoms with Crippen LogP contribution in [0.3, 0.4) is 0 Å². The van der Waals surface area contributed by atoms with Crippen molar-refractivity contribution < 1.29 is 0 Å². The summed E-state index contributed by atoms with van der Waals surface area (Å²) in [5.74, 6) is 1.10. The SMILES string of the molecule is CC1(C)c2ccccc2-n2c1nc1cc(-n3c4ccccc4c4cc(-c5ccc6c(c5)c5ccccc5n6-c5ccccc5)ccc43)ccc12. The fraction of sp³-hybridized carbons (Fsp3) is 0.0652. The zero-order chi connectivity index (χ0) is 33.1. The molecule has 0 N–H and O–H groups in total. The average Bonchev–Trinajstić information content (AvgIpc) is 3.87. The van der Waals surface area contributed by atoms with Crippen molar-refractivity contribution in [1.29, 1.82) is 0 Å². The molecular weight excluding hydrogens is 609 g/mol. The van der Waals surface area contributed by atoms with Crippen LogP contribution < -0.4 is 0 Å². The number of hydrogen-bond acceptors (Lipinski definition) is 1. The van der Waals surface area contributed by atoms with Crippen molar-refractivity contribution in [2.24, 2.45) is 0 Å². The number of nitrogens with zero attached hydrogens (tertiary/aromatic N) is 4. The van der Waals surface area contributed by atoms with Gasteiger partial charge in [-0.15, -0.1) is 0 Å². The van der Waals surface area contributed by atoms with Crippen LogP contribution in [0.5, 0.6) is 0 Å². The first-order valence-electron chi connectivity index (χ1n) is 17.3. The third-order valence-electron chi connectivity index (χ3n) is 11.0. The molecule has 7 aromatic carbocycles. The van der Waals surface area contributed by atoms with Crippen molar-refractivity contribution in [3.05, 3.63) is 169 Å². The van der Waals surface area contributed by atoms with Gasteiger partial charge in [-0.1, -0.05) is 84.9 Å². The van der Waals surface area contributed by atoms with E-state index in [9.17, 15) is 0 Å². The van der Waals surface area contributed by atoms with E-state index in [1.807, 2.05) is 0 Å². The standard InChI is InChI=1S/C46H32N4/c1-46(2)37-16-8-11-19-43(37)50-44-25-22-32(28-38(44)47-45(46)50)49-40-18-10-7-15-34(40)36-27-30(21-24-42(36)49)29-20-23-41-35(26-29)33-14-6-9-17-39(33)48(41)31-12-4-3-5-13-31/h3-28H,1-2H3. The highest BCUT2D eigenvalue weighted by atomic mass is 15.1. The number of rotatable bonds is 3. The molecular formula is C46H32N4. The largest absolute Gasteiger partial charge is 0.309 e. The molecule has 0 unspecified atom stereocenters. The first kappa shape index (κ1) is 27.5. The van der Waals surface area contributed by atoms with E-state index in [4.69, 9.17) is 4.98 Å². The Labute approximate surface area is 289 Å². The molecule has 50 heavy (non-hydrogen) atoms. The van der Waals surface area contributed by atoms with Crippen LogP contribution in [0.4, 0.5) is 0 Å². The van der Waals surface area contributed by atoms with Crippen molar-refractivity contribution in [2.45, 2.75) is 19.3 Å². The first-order chi connectivity index (χ1) is 24.6. The topological polar surface area (TPSA) is 27.7 Å². The summed E-state index contributed by atoms with van der Waals surface area (Å²) in [6.45, 7) is 4.56. The van der Waals surface area contributed by atoms with Crippen LogP contribution in [0, 0.1) is 0 Å². The third kappa shape index (κ3) is 3.62. The van der Waals surface area contributed by atoms with Crippen molar-refractivity contribution in [1.82, 2.24) is 18.7 Å². The minimum atomic E-state index is -0.154. The average molecular weight is 641 g/mol. The van der Waals surface area contributed by atoms with Gasteiger partial charge in [0, 0.05) is 32.9 Å². The Bertz CT molecular complexity index is 3010. The molecule has 0 bridgehead atoms. The lowest BCUT2D eigenvalue weighted by Gasteiger charge is -2.17. The molecule has 236 valence electrons. The van der Waals surface area contributed by atoms with Gasteiger partial charge in [0.05, 0.1) is 44.2 Å². The van der Waals surface area contributed by atoms with Gasteiger partial charge in [0.1, 0.15) is 5.82 Å². The molecule has 1 aliphatic rings. The first-order valence-corrected chi connectivity index (χ1v) is 17.3. The second-order valence-electron chi connectivity index (χ2n) is 14.1. The number of hydrogen-bond donors (Lipinski definition) is 0. The Balaban J connectivity index is 1.08. The summed E-state index contributed by atoms with van der Waals surface area (Å²) in [5, 5.41) is 5.01. The van der Waals surface area contributed by atoms with Gasteiger partial charge in [0.25, 0.3) is 0 Å². The number of imidazole rings is 1. The fourth-order valence-electron chi connectivity index (χ4n) is 8.63. The molecule has 0 radical (unpaired) electrons. The number of fused-ring (bicyclic) bond motifs is 11. The number of aromatic nitrogens is 4. The Hall–Kier alpha value is -6.39. The maximum Gasteiger partial charge on any atom is 0.124 e. The molecule has 10 aromatic rings. The van der Waals surface area contributed by atoms with Crippen LogP contribution >= 0.6 is 0 Å². The molecule has 4 nitrogen and oxygen atoms in total. The number of para-hydroxylation sites is 4. The highest BCUT2D eigenvalue weighted by molar-refractivity contribution is 6.12.